The molecule has 0 spiro atoms. The summed E-state index contributed by atoms with van der Waals surface area (Å²) in [4.78, 5) is 9.26. The van der Waals surface area contributed by atoms with E-state index in [9.17, 15) is 0 Å². The molecule has 3 heterocycles. The highest BCUT2D eigenvalue weighted by Gasteiger charge is 2.38. The Balaban J connectivity index is 1.55. The number of pyridine rings is 1. The van der Waals surface area contributed by atoms with E-state index in [0.29, 0.717) is 0 Å². The lowest BCUT2D eigenvalue weighted by Gasteiger charge is -2.50. The van der Waals surface area contributed by atoms with Gasteiger partial charge in [0.15, 0.2) is 0 Å². The number of aryl methyl sites for hydroxylation is 1. The van der Waals surface area contributed by atoms with Crippen molar-refractivity contribution in [2.24, 2.45) is 11.8 Å². The van der Waals surface area contributed by atoms with Crippen LogP contribution < -0.4 is 4.90 Å². The van der Waals surface area contributed by atoms with Crippen LogP contribution in [0.4, 0.5) is 5.82 Å². The van der Waals surface area contributed by atoms with E-state index >= 15 is 0 Å². The molecule has 2 aliphatic heterocycles. The predicted molar refractivity (Wildman–Crippen MR) is 65.7 cm³/mol. The van der Waals surface area contributed by atoms with Crippen LogP contribution in [0.3, 0.4) is 0 Å². The molecule has 1 aromatic heterocycles. The van der Waals surface area contributed by atoms with Crippen molar-refractivity contribution < 1.29 is 0 Å². The third kappa shape index (κ3) is 1.69. The van der Waals surface area contributed by atoms with E-state index in [4.69, 9.17) is 0 Å². The summed E-state index contributed by atoms with van der Waals surface area (Å²) in [5.74, 6) is 2.99. The molecular weight excluding hydrogens is 198 g/mol. The summed E-state index contributed by atoms with van der Waals surface area (Å²) < 4.78 is 0. The Bertz CT molecular complexity index is 361. The molecule has 3 rings (SSSR count). The highest BCUT2D eigenvalue weighted by molar-refractivity contribution is 5.42. The normalized spacial score (nSPS) is 23.0. The fraction of sp³-hybridized carbons (Fsp3) is 0.615. The van der Waals surface area contributed by atoms with Crippen LogP contribution >= 0.6 is 0 Å². The summed E-state index contributed by atoms with van der Waals surface area (Å²) in [5.41, 5.74) is 1.24. The van der Waals surface area contributed by atoms with Crippen LogP contribution in [0.2, 0.25) is 0 Å². The smallest absolute Gasteiger partial charge is 0.128 e. The van der Waals surface area contributed by atoms with Crippen molar-refractivity contribution >= 4 is 5.82 Å². The highest BCUT2D eigenvalue weighted by Crippen LogP contribution is 2.32. The number of likely N-dealkylation sites (tertiary alicyclic amines) is 1. The van der Waals surface area contributed by atoms with Crippen molar-refractivity contribution in [3.05, 3.63) is 23.9 Å². The van der Waals surface area contributed by atoms with Gasteiger partial charge in [0.25, 0.3) is 0 Å². The monoisotopic (exact) mass is 217 g/mol. The van der Waals surface area contributed by atoms with Gasteiger partial charge < -0.3 is 9.80 Å². The minimum absolute atomic E-state index is 0.902. The molecule has 0 saturated carbocycles. The number of aromatic nitrogens is 1. The maximum absolute atomic E-state index is 4.47. The van der Waals surface area contributed by atoms with Crippen LogP contribution in [0.1, 0.15) is 5.56 Å². The van der Waals surface area contributed by atoms with Crippen molar-refractivity contribution in [2.45, 2.75) is 6.92 Å². The quantitative estimate of drug-likeness (QED) is 0.746. The molecule has 3 nitrogen and oxygen atoms in total. The van der Waals surface area contributed by atoms with E-state index in [2.05, 4.69) is 40.9 Å². The first-order valence-electron chi connectivity index (χ1n) is 6.08. The first kappa shape index (κ1) is 10.1. The van der Waals surface area contributed by atoms with E-state index < -0.39 is 0 Å². The average molecular weight is 217 g/mol. The molecule has 2 saturated heterocycles. The lowest BCUT2D eigenvalue weighted by Crippen LogP contribution is -2.58. The zero-order chi connectivity index (χ0) is 11.1. The Labute approximate surface area is 97.1 Å². The van der Waals surface area contributed by atoms with Gasteiger partial charge in [-0.15, -0.1) is 0 Å². The van der Waals surface area contributed by atoms with Gasteiger partial charge in [0.2, 0.25) is 0 Å². The summed E-state index contributed by atoms with van der Waals surface area (Å²) in [7, 11) is 2.20. The number of hydrogen-bond donors (Lipinski definition) is 0. The number of rotatable bonds is 2. The number of nitrogens with zero attached hydrogens (tertiary/aromatic N) is 3. The van der Waals surface area contributed by atoms with Gasteiger partial charge in [0, 0.05) is 32.4 Å². The lowest BCUT2D eigenvalue weighted by molar-refractivity contribution is 0.0693. The van der Waals surface area contributed by atoms with Gasteiger partial charge in [-0.3, -0.25) is 0 Å². The Kier molecular flexibility index (Phi) is 2.36. The molecule has 0 N–H and O–H groups in total. The average Bonchev–Trinajstić information content (AvgIpc) is 2.16. The van der Waals surface area contributed by atoms with Crippen LogP contribution in [0.25, 0.3) is 0 Å². The summed E-state index contributed by atoms with van der Waals surface area (Å²) in [6, 6.07) is 4.28. The van der Waals surface area contributed by atoms with Crippen LogP contribution in [-0.2, 0) is 0 Å². The van der Waals surface area contributed by atoms with Crippen molar-refractivity contribution in [1.82, 2.24) is 9.88 Å². The maximum Gasteiger partial charge on any atom is 0.128 e. The van der Waals surface area contributed by atoms with E-state index in [-0.39, 0.29) is 0 Å². The largest absolute Gasteiger partial charge is 0.356 e. The Morgan fingerprint density at radius 3 is 2.38 bits per heavy atom. The van der Waals surface area contributed by atoms with Crippen LogP contribution in [0.5, 0.6) is 0 Å². The molecule has 1 aromatic rings. The lowest BCUT2D eigenvalue weighted by atomic mass is 9.81. The summed E-state index contributed by atoms with van der Waals surface area (Å²) in [6.07, 6.45) is 1.96. The topological polar surface area (TPSA) is 19.4 Å². The first-order valence-corrected chi connectivity index (χ1v) is 6.08. The second-order valence-corrected chi connectivity index (χ2v) is 5.34. The standard InChI is InChI=1S/C13H19N3/c1-10-3-4-13(14-5-10)16-8-12(9-16)11-6-15(2)7-11/h3-5,11-12H,6-9H2,1-2H3. The van der Waals surface area contributed by atoms with E-state index in [1.807, 2.05) is 6.20 Å². The molecular formula is C13H19N3. The van der Waals surface area contributed by atoms with Gasteiger partial charge in [0.1, 0.15) is 5.82 Å². The predicted octanol–water partition coefficient (Wildman–Crippen LogP) is 1.39. The molecule has 0 unspecified atom stereocenters. The Hall–Kier alpha value is -1.09. The fourth-order valence-electron chi connectivity index (χ4n) is 2.69. The first-order chi connectivity index (χ1) is 7.72. The van der Waals surface area contributed by atoms with Crippen LogP contribution in [-0.4, -0.2) is 43.1 Å². The number of anilines is 1. The second-order valence-electron chi connectivity index (χ2n) is 5.34. The Morgan fingerprint density at radius 2 is 1.81 bits per heavy atom. The molecule has 0 bridgehead atoms. The SMILES string of the molecule is Cc1ccc(N2CC(C3CN(C)C3)C2)nc1. The van der Waals surface area contributed by atoms with Gasteiger partial charge in [-0.2, -0.15) is 0 Å². The van der Waals surface area contributed by atoms with Gasteiger partial charge in [0.05, 0.1) is 0 Å². The third-order valence-corrected chi connectivity index (χ3v) is 3.89. The minimum atomic E-state index is 0.902. The molecule has 3 heteroatoms. The summed E-state index contributed by atoms with van der Waals surface area (Å²) >= 11 is 0. The van der Waals surface area contributed by atoms with Gasteiger partial charge in [-0.1, -0.05) is 6.07 Å². The molecule has 2 fully saturated rings. The highest BCUT2D eigenvalue weighted by atomic mass is 15.3. The minimum Gasteiger partial charge on any atom is -0.356 e. The zero-order valence-corrected chi connectivity index (χ0v) is 10.1. The van der Waals surface area contributed by atoms with Gasteiger partial charge >= 0.3 is 0 Å². The van der Waals surface area contributed by atoms with Crippen molar-refractivity contribution in [2.75, 3.05) is 38.1 Å². The maximum atomic E-state index is 4.47. The fourth-order valence-corrected chi connectivity index (χ4v) is 2.69. The molecule has 0 amide bonds. The Morgan fingerprint density at radius 1 is 1.12 bits per heavy atom. The molecule has 0 aromatic carbocycles. The second kappa shape index (κ2) is 3.74. The summed E-state index contributed by atoms with van der Waals surface area (Å²) in [6.45, 7) is 7.07. The number of hydrogen-bond acceptors (Lipinski definition) is 3. The molecule has 0 radical (unpaired) electrons. The third-order valence-electron chi connectivity index (χ3n) is 3.89. The molecule has 2 aliphatic rings. The zero-order valence-electron chi connectivity index (χ0n) is 10.1. The van der Waals surface area contributed by atoms with Crippen molar-refractivity contribution in [3.63, 3.8) is 0 Å². The van der Waals surface area contributed by atoms with Crippen LogP contribution in [0, 0.1) is 18.8 Å². The molecule has 0 aliphatic carbocycles. The van der Waals surface area contributed by atoms with Gasteiger partial charge in [-0.25, -0.2) is 4.98 Å². The van der Waals surface area contributed by atoms with Crippen molar-refractivity contribution in [3.8, 4) is 0 Å². The van der Waals surface area contributed by atoms with Crippen LogP contribution in [0.15, 0.2) is 18.3 Å². The molecule has 86 valence electrons. The van der Waals surface area contributed by atoms with E-state index in [1.54, 1.807) is 0 Å². The van der Waals surface area contributed by atoms with Gasteiger partial charge in [-0.05, 0) is 37.4 Å². The van der Waals surface area contributed by atoms with E-state index in [1.165, 1.54) is 31.7 Å². The molecule has 0 atom stereocenters. The summed E-state index contributed by atoms with van der Waals surface area (Å²) in [5, 5.41) is 0. The van der Waals surface area contributed by atoms with Crippen molar-refractivity contribution in [1.29, 1.82) is 0 Å². The van der Waals surface area contributed by atoms with E-state index in [0.717, 1.165) is 17.7 Å². The molecule has 16 heavy (non-hydrogen) atoms.